The van der Waals surface area contributed by atoms with Crippen molar-refractivity contribution in [3.05, 3.63) is 29.8 Å². The third-order valence-corrected chi connectivity index (χ3v) is 4.51. The van der Waals surface area contributed by atoms with Crippen molar-refractivity contribution in [2.24, 2.45) is 4.99 Å². The number of hydrogen-bond acceptors (Lipinski definition) is 3. The van der Waals surface area contributed by atoms with E-state index in [4.69, 9.17) is 0 Å². The zero-order chi connectivity index (χ0) is 16.9. The third-order valence-electron chi connectivity index (χ3n) is 4.51. The minimum absolute atomic E-state index is 0.204. The SMILES string of the molecule is CCNC(=NCCc1ccccc1O)N1CCN(C2CC2)C(=O)C1. The maximum atomic E-state index is 12.3. The average Bonchev–Trinajstić information content (AvgIpc) is 3.40. The van der Waals surface area contributed by atoms with E-state index in [1.54, 1.807) is 6.07 Å². The number of carbonyl (C=O) groups excluding carboxylic acids is 1. The van der Waals surface area contributed by atoms with Crippen LogP contribution in [0.4, 0.5) is 0 Å². The summed E-state index contributed by atoms with van der Waals surface area (Å²) in [5.41, 5.74) is 0.895. The van der Waals surface area contributed by atoms with Crippen LogP contribution in [0, 0.1) is 0 Å². The number of hydrogen-bond donors (Lipinski definition) is 2. The van der Waals surface area contributed by atoms with E-state index in [0.717, 1.165) is 44.0 Å². The molecule has 1 amide bonds. The third kappa shape index (κ3) is 3.99. The maximum Gasteiger partial charge on any atom is 0.242 e. The van der Waals surface area contributed by atoms with Gasteiger partial charge in [0.2, 0.25) is 5.91 Å². The topological polar surface area (TPSA) is 68.2 Å². The number of carbonyl (C=O) groups is 1. The van der Waals surface area contributed by atoms with Crippen molar-refractivity contribution in [3.63, 3.8) is 0 Å². The van der Waals surface area contributed by atoms with Gasteiger partial charge in [0, 0.05) is 32.2 Å². The zero-order valence-corrected chi connectivity index (χ0v) is 14.2. The highest BCUT2D eigenvalue weighted by molar-refractivity contribution is 5.88. The summed E-state index contributed by atoms with van der Waals surface area (Å²) in [4.78, 5) is 21.0. The van der Waals surface area contributed by atoms with Gasteiger partial charge in [0.15, 0.2) is 5.96 Å². The van der Waals surface area contributed by atoms with E-state index < -0.39 is 0 Å². The lowest BCUT2D eigenvalue weighted by molar-refractivity contribution is -0.135. The molecule has 0 aromatic heterocycles. The van der Waals surface area contributed by atoms with E-state index in [9.17, 15) is 9.90 Å². The van der Waals surface area contributed by atoms with Crippen LogP contribution in [0.5, 0.6) is 5.75 Å². The quantitative estimate of drug-likeness (QED) is 0.629. The van der Waals surface area contributed by atoms with Crippen molar-refractivity contribution in [2.45, 2.75) is 32.2 Å². The van der Waals surface area contributed by atoms with Crippen molar-refractivity contribution in [2.75, 3.05) is 32.7 Å². The molecule has 2 aliphatic rings. The lowest BCUT2D eigenvalue weighted by atomic mass is 10.1. The van der Waals surface area contributed by atoms with E-state index >= 15 is 0 Å². The zero-order valence-electron chi connectivity index (χ0n) is 14.2. The van der Waals surface area contributed by atoms with E-state index in [2.05, 4.69) is 10.3 Å². The first kappa shape index (κ1) is 16.6. The summed E-state index contributed by atoms with van der Waals surface area (Å²) in [7, 11) is 0. The van der Waals surface area contributed by atoms with Crippen molar-refractivity contribution >= 4 is 11.9 Å². The standard InChI is InChI=1S/C18H26N4O2/c1-2-19-18(20-10-9-14-5-3-4-6-16(14)23)21-11-12-22(15-7-8-15)17(24)13-21/h3-6,15,23H,2,7-13H2,1H3,(H,19,20). The number of aliphatic imine (C=N–C) groups is 1. The fourth-order valence-corrected chi connectivity index (χ4v) is 3.07. The highest BCUT2D eigenvalue weighted by atomic mass is 16.3. The number of nitrogens with one attached hydrogen (secondary N) is 1. The van der Waals surface area contributed by atoms with Gasteiger partial charge in [-0.15, -0.1) is 0 Å². The van der Waals surface area contributed by atoms with Crippen LogP contribution in [-0.4, -0.2) is 65.5 Å². The minimum atomic E-state index is 0.204. The molecule has 1 saturated carbocycles. The molecule has 6 nitrogen and oxygen atoms in total. The van der Waals surface area contributed by atoms with Crippen molar-refractivity contribution in [3.8, 4) is 5.75 Å². The molecule has 1 aliphatic heterocycles. The molecular weight excluding hydrogens is 304 g/mol. The van der Waals surface area contributed by atoms with Crippen LogP contribution < -0.4 is 5.32 Å². The van der Waals surface area contributed by atoms with Gasteiger partial charge in [0.05, 0.1) is 6.54 Å². The first-order chi connectivity index (χ1) is 11.7. The van der Waals surface area contributed by atoms with Gasteiger partial charge in [0.1, 0.15) is 5.75 Å². The molecular formula is C18H26N4O2. The van der Waals surface area contributed by atoms with Gasteiger partial charge in [0.25, 0.3) is 0 Å². The molecule has 1 heterocycles. The molecule has 24 heavy (non-hydrogen) atoms. The first-order valence-corrected chi connectivity index (χ1v) is 8.78. The Labute approximate surface area is 143 Å². The molecule has 2 N–H and O–H groups in total. The molecule has 1 aromatic carbocycles. The molecule has 1 saturated heterocycles. The van der Waals surface area contributed by atoms with Gasteiger partial charge in [-0.2, -0.15) is 0 Å². The van der Waals surface area contributed by atoms with E-state index in [0.29, 0.717) is 31.3 Å². The molecule has 3 rings (SSSR count). The van der Waals surface area contributed by atoms with Crippen LogP contribution in [0.15, 0.2) is 29.3 Å². The Morgan fingerprint density at radius 1 is 1.33 bits per heavy atom. The van der Waals surface area contributed by atoms with Crippen LogP contribution in [0.1, 0.15) is 25.3 Å². The number of piperazine rings is 1. The van der Waals surface area contributed by atoms with Crippen molar-refractivity contribution < 1.29 is 9.90 Å². The number of guanidine groups is 1. The van der Waals surface area contributed by atoms with Gasteiger partial charge in [-0.3, -0.25) is 9.79 Å². The minimum Gasteiger partial charge on any atom is -0.508 e. The van der Waals surface area contributed by atoms with Crippen LogP contribution in [0.25, 0.3) is 0 Å². The smallest absolute Gasteiger partial charge is 0.242 e. The predicted octanol–water partition coefficient (Wildman–Crippen LogP) is 1.21. The second-order valence-electron chi connectivity index (χ2n) is 6.35. The van der Waals surface area contributed by atoms with Gasteiger partial charge in [-0.25, -0.2) is 0 Å². The summed E-state index contributed by atoms with van der Waals surface area (Å²) in [6, 6.07) is 7.83. The summed E-state index contributed by atoms with van der Waals surface area (Å²) in [5, 5.41) is 13.1. The molecule has 130 valence electrons. The average molecular weight is 330 g/mol. The van der Waals surface area contributed by atoms with Crippen LogP contribution in [0.3, 0.4) is 0 Å². The van der Waals surface area contributed by atoms with E-state index in [1.165, 1.54) is 0 Å². The van der Waals surface area contributed by atoms with Gasteiger partial charge < -0.3 is 20.2 Å². The summed E-state index contributed by atoms with van der Waals surface area (Å²) in [6.45, 7) is 5.39. The lowest BCUT2D eigenvalue weighted by Crippen LogP contribution is -2.55. The largest absolute Gasteiger partial charge is 0.508 e. The fraction of sp³-hybridized carbons (Fsp3) is 0.556. The summed E-state index contributed by atoms with van der Waals surface area (Å²) >= 11 is 0. The van der Waals surface area contributed by atoms with Crippen LogP contribution >= 0.6 is 0 Å². The molecule has 6 heteroatoms. The Balaban J connectivity index is 1.59. The Hall–Kier alpha value is -2.24. The Morgan fingerprint density at radius 2 is 2.12 bits per heavy atom. The lowest BCUT2D eigenvalue weighted by Gasteiger charge is -2.36. The van der Waals surface area contributed by atoms with Crippen molar-refractivity contribution in [1.82, 2.24) is 15.1 Å². The van der Waals surface area contributed by atoms with Gasteiger partial charge in [-0.05, 0) is 37.8 Å². The van der Waals surface area contributed by atoms with Gasteiger partial charge in [-0.1, -0.05) is 18.2 Å². The van der Waals surface area contributed by atoms with Crippen LogP contribution in [0.2, 0.25) is 0 Å². The monoisotopic (exact) mass is 330 g/mol. The Morgan fingerprint density at radius 3 is 2.79 bits per heavy atom. The number of rotatable bonds is 5. The Bertz CT molecular complexity index is 613. The first-order valence-electron chi connectivity index (χ1n) is 8.78. The second-order valence-corrected chi connectivity index (χ2v) is 6.35. The summed E-state index contributed by atoms with van der Waals surface area (Å²) < 4.78 is 0. The van der Waals surface area contributed by atoms with E-state index in [-0.39, 0.29) is 5.91 Å². The number of benzene rings is 1. The highest BCUT2D eigenvalue weighted by Crippen LogP contribution is 2.28. The molecule has 0 spiro atoms. The molecule has 2 fully saturated rings. The summed E-state index contributed by atoms with van der Waals surface area (Å²) in [5.74, 6) is 1.30. The molecule has 1 aromatic rings. The number of para-hydroxylation sites is 1. The molecule has 0 atom stereocenters. The van der Waals surface area contributed by atoms with Crippen molar-refractivity contribution in [1.29, 1.82) is 0 Å². The van der Waals surface area contributed by atoms with Gasteiger partial charge >= 0.3 is 0 Å². The summed E-state index contributed by atoms with van der Waals surface area (Å²) in [6.07, 6.45) is 2.98. The fourth-order valence-electron chi connectivity index (χ4n) is 3.07. The molecule has 0 radical (unpaired) electrons. The highest BCUT2D eigenvalue weighted by Gasteiger charge is 2.36. The second kappa shape index (κ2) is 7.55. The van der Waals surface area contributed by atoms with Crippen LogP contribution in [-0.2, 0) is 11.2 Å². The predicted molar refractivity (Wildman–Crippen MR) is 94.1 cm³/mol. The molecule has 0 unspecified atom stereocenters. The Kier molecular flexibility index (Phi) is 5.23. The number of nitrogens with zero attached hydrogens (tertiary/aromatic N) is 3. The number of aromatic hydroxyl groups is 1. The number of amides is 1. The molecule has 1 aliphatic carbocycles. The normalized spacial score (nSPS) is 18.9. The number of phenols is 1. The number of phenolic OH excluding ortho intramolecular Hbond substituents is 1. The molecule has 0 bridgehead atoms. The maximum absolute atomic E-state index is 12.3. The van der Waals surface area contributed by atoms with E-state index in [1.807, 2.05) is 34.9 Å².